The molecule has 0 fully saturated rings. The van der Waals surface area contributed by atoms with Crippen LogP contribution in [0.2, 0.25) is 0 Å². The highest BCUT2D eigenvalue weighted by Crippen LogP contribution is 2.40. The summed E-state index contributed by atoms with van der Waals surface area (Å²) in [5.41, 5.74) is 1.10. The van der Waals surface area contributed by atoms with Gasteiger partial charge in [0.1, 0.15) is 0 Å². The first-order chi connectivity index (χ1) is 5.39. The molecule has 0 unspecified atom stereocenters. The van der Waals surface area contributed by atoms with Crippen molar-refractivity contribution < 1.29 is 0 Å². The predicted octanol–water partition coefficient (Wildman–Crippen LogP) is 4.64. The average Bonchev–Trinajstić information content (AvgIpc) is 2.04. The average molecular weight is 170 g/mol. The molecule has 0 saturated carbocycles. The molecular weight excluding hydrogens is 144 g/mol. The maximum absolute atomic E-state index is 2.42. The van der Waals surface area contributed by atoms with E-state index in [-0.39, 0.29) is 0 Å². The van der Waals surface area contributed by atoms with E-state index in [2.05, 4.69) is 41.5 Å². The van der Waals surface area contributed by atoms with E-state index in [4.69, 9.17) is 0 Å². The van der Waals surface area contributed by atoms with Crippen LogP contribution < -0.4 is 0 Å². The van der Waals surface area contributed by atoms with E-state index in [1.165, 1.54) is 25.7 Å². The standard InChI is InChI=1S/C12H26/c1-7-11(4,5)10-12(6,8-2)9-3/h7-10H2,1-6H3. The molecule has 0 amide bonds. The molecule has 0 saturated heterocycles. The topological polar surface area (TPSA) is 0 Å². The van der Waals surface area contributed by atoms with Crippen molar-refractivity contribution in [2.24, 2.45) is 10.8 Å². The second kappa shape index (κ2) is 4.30. The van der Waals surface area contributed by atoms with Crippen LogP contribution in [0.15, 0.2) is 0 Å². The van der Waals surface area contributed by atoms with Gasteiger partial charge in [0.05, 0.1) is 0 Å². The fourth-order valence-corrected chi connectivity index (χ4v) is 1.78. The Morgan fingerprint density at radius 3 is 1.42 bits per heavy atom. The SMILES string of the molecule is CCC(C)(C)CC(C)(CC)CC. The van der Waals surface area contributed by atoms with Crippen LogP contribution in [0.25, 0.3) is 0 Å². The monoisotopic (exact) mass is 170 g/mol. The van der Waals surface area contributed by atoms with Gasteiger partial charge in [-0.15, -0.1) is 0 Å². The zero-order chi connectivity index (χ0) is 9.83. The maximum atomic E-state index is 2.42. The van der Waals surface area contributed by atoms with Gasteiger partial charge in [-0.25, -0.2) is 0 Å². The molecule has 0 radical (unpaired) electrons. The summed E-state index contributed by atoms with van der Waals surface area (Å²) in [6, 6.07) is 0. The van der Waals surface area contributed by atoms with Crippen LogP contribution in [0.1, 0.15) is 67.2 Å². The maximum Gasteiger partial charge on any atom is -0.0326 e. The van der Waals surface area contributed by atoms with Crippen LogP contribution in [0.5, 0.6) is 0 Å². The van der Waals surface area contributed by atoms with Crippen molar-refractivity contribution in [2.75, 3.05) is 0 Å². The highest BCUT2D eigenvalue weighted by Gasteiger charge is 2.28. The second-order valence-electron chi connectivity index (χ2n) is 5.21. The van der Waals surface area contributed by atoms with Crippen LogP contribution in [0, 0.1) is 10.8 Å². The Kier molecular flexibility index (Phi) is 4.30. The van der Waals surface area contributed by atoms with Crippen molar-refractivity contribution in [1.82, 2.24) is 0 Å². The Morgan fingerprint density at radius 2 is 1.17 bits per heavy atom. The molecule has 0 aromatic rings. The molecule has 0 aliphatic carbocycles. The lowest BCUT2D eigenvalue weighted by Crippen LogP contribution is -2.24. The molecule has 0 bridgehead atoms. The van der Waals surface area contributed by atoms with Crippen LogP contribution in [0.4, 0.5) is 0 Å². The Balaban J connectivity index is 4.20. The van der Waals surface area contributed by atoms with Crippen molar-refractivity contribution in [1.29, 1.82) is 0 Å². The van der Waals surface area contributed by atoms with Gasteiger partial charge in [0.25, 0.3) is 0 Å². The van der Waals surface area contributed by atoms with E-state index in [9.17, 15) is 0 Å². The molecule has 0 rings (SSSR count). The molecule has 0 aromatic heterocycles. The summed E-state index contributed by atoms with van der Waals surface area (Å²) in [6.45, 7) is 14.1. The summed E-state index contributed by atoms with van der Waals surface area (Å²) in [5, 5.41) is 0. The lowest BCUT2D eigenvalue weighted by Gasteiger charge is -2.35. The van der Waals surface area contributed by atoms with Gasteiger partial charge in [0.15, 0.2) is 0 Å². The lowest BCUT2D eigenvalue weighted by atomic mass is 9.70. The summed E-state index contributed by atoms with van der Waals surface area (Å²) in [7, 11) is 0. The highest BCUT2D eigenvalue weighted by atomic mass is 14.3. The summed E-state index contributed by atoms with van der Waals surface area (Å²) >= 11 is 0. The molecule has 0 heteroatoms. The highest BCUT2D eigenvalue weighted by molar-refractivity contribution is 4.79. The fourth-order valence-electron chi connectivity index (χ4n) is 1.78. The first-order valence-electron chi connectivity index (χ1n) is 5.39. The van der Waals surface area contributed by atoms with Crippen molar-refractivity contribution in [3.05, 3.63) is 0 Å². The van der Waals surface area contributed by atoms with E-state index in [1.54, 1.807) is 0 Å². The zero-order valence-corrected chi connectivity index (χ0v) is 9.83. The van der Waals surface area contributed by atoms with Crippen molar-refractivity contribution in [3.63, 3.8) is 0 Å². The smallest absolute Gasteiger partial charge is 0.0326 e. The van der Waals surface area contributed by atoms with Crippen LogP contribution >= 0.6 is 0 Å². The molecule has 0 aliphatic heterocycles. The van der Waals surface area contributed by atoms with Crippen molar-refractivity contribution in [3.8, 4) is 0 Å². The van der Waals surface area contributed by atoms with Gasteiger partial charge in [-0.3, -0.25) is 0 Å². The molecule has 0 spiro atoms. The van der Waals surface area contributed by atoms with Gasteiger partial charge in [-0.1, -0.05) is 60.8 Å². The molecule has 0 heterocycles. The summed E-state index contributed by atoms with van der Waals surface area (Å²) in [5.74, 6) is 0. The lowest BCUT2D eigenvalue weighted by molar-refractivity contribution is 0.159. The first kappa shape index (κ1) is 12.0. The number of hydrogen-bond donors (Lipinski definition) is 0. The van der Waals surface area contributed by atoms with E-state index in [0.29, 0.717) is 10.8 Å². The van der Waals surface area contributed by atoms with E-state index >= 15 is 0 Å². The van der Waals surface area contributed by atoms with Crippen molar-refractivity contribution >= 4 is 0 Å². The summed E-state index contributed by atoms with van der Waals surface area (Å²) in [4.78, 5) is 0. The molecule has 74 valence electrons. The van der Waals surface area contributed by atoms with Gasteiger partial charge in [0.2, 0.25) is 0 Å². The van der Waals surface area contributed by atoms with Gasteiger partial charge >= 0.3 is 0 Å². The Hall–Kier alpha value is 0. The quantitative estimate of drug-likeness (QED) is 0.564. The zero-order valence-electron chi connectivity index (χ0n) is 9.83. The third kappa shape index (κ3) is 3.60. The molecule has 12 heavy (non-hydrogen) atoms. The Labute approximate surface area is 78.8 Å². The third-order valence-electron chi connectivity index (χ3n) is 3.57. The largest absolute Gasteiger partial charge is 0.0649 e. The van der Waals surface area contributed by atoms with Crippen LogP contribution in [-0.2, 0) is 0 Å². The number of rotatable bonds is 5. The molecule has 0 aromatic carbocycles. The van der Waals surface area contributed by atoms with Gasteiger partial charge < -0.3 is 0 Å². The first-order valence-corrected chi connectivity index (χ1v) is 5.39. The molecular formula is C12H26. The molecule has 0 aliphatic rings. The Morgan fingerprint density at radius 1 is 0.750 bits per heavy atom. The number of hydrogen-bond acceptors (Lipinski definition) is 0. The van der Waals surface area contributed by atoms with E-state index in [1.807, 2.05) is 0 Å². The van der Waals surface area contributed by atoms with Crippen LogP contribution in [-0.4, -0.2) is 0 Å². The molecule has 0 N–H and O–H groups in total. The van der Waals surface area contributed by atoms with Crippen molar-refractivity contribution in [2.45, 2.75) is 67.2 Å². The minimum atomic E-state index is 0.529. The normalized spacial score (nSPS) is 13.5. The van der Waals surface area contributed by atoms with Gasteiger partial charge in [-0.2, -0.15) is 0 Å². The van der Waals surface area contributed by atoms with Gasteiger partial charge in [-0.05, 0) is 17.3 Å². The summed E-state index contributed by atoms with van der Waals surface area (Å²) < 4.78 is 0. The second-order valence-corrected chi connectivity index (χ2v) is 5.21. The van der Waals surface area contributed by atoms with E-state index in [0.717, 1.165) is 0 Å². The minimum absolute atomic E-state index is 0.529. The summed E-state index contributed by atoms with van der Waals surface area (Å²) in [6.07, 6.45) is 5.28. The third-order valence-corrected chi connectivity index (χ3v) is 3.57. The predicted molar refractivity (Wildman–Crippen MR) is 57.4 cm³/mol. The molecule has 0 atom stereocenters. The molecule has 0 nitrogen and oxygen atoms in total. The Bertz CT molecular complexity index is 118. The fraction of sp³-hybridized carbons (Fsp3) is 1.00. The van der Waals surface area contributed by atoms with Gasteiger partial charge in [0, 0.05) is 0 Å². The van der Waals surface area contributed by atoms with Crippen LogP contribution in [0.3, 0.4) is 0 Å². The minimum Gasteiger partial charge on any atom is -0.0649 e. The van der Waals surface area contributed by atoms with E-state index < -0.39 is 0 Å².